The summed E-state index contributed by atoms with van der Waals surface area (Å²) in [5, 5.41) is 8.49. The molecule has 0 aliphatic rings. The van der Waals surface area contributed by atoms with Crippen molar-refractivity contribution < 1.29 is 4.79 Å². The molecule has 3 aromatic rings. The van der Waals surface area contributed by atoms with Gasteiger partial charge in [-0.25, -0.2) is 4.68 Å². The molecular formula is C25H32N4O2. The second-order valence-corrected chi connectivity index (χ2v) is 7.66. The van der Waals surface area contributed by atoms with Crippen LogP contribution in [0.25, 0.3) is 10.8 Å². The van der Waals surface area contributed by atoms with E-state index in [0.29, 0.717) is 23.0 Å². The largest absolute Gasteiger partial charge is 0.372 e. The summed E-state index contributed by atoms with van der Waals surface area (Å²) in [5.74, 6) is -0.311. The summed E-state index contributed by atoms with van der Waals surface area (Å²) in [6.07, 6.45) is 4.16. The first-order chi connectivity index (χ1) is 15.1. The minimum atomic E-state index is -0.311. The van der Waals surface area contributed by atoms with Gasteiger partial charge in [-0.3, -0.25) is 9.59 Å². The highest BCUT2D eigenvalue weighted by molar-refractivity contribution is 6.11. The summed E-state index contributed by atoms with van der Waals surface area (Å²) < 4.78 is 1.44. The number of aryl methyl sites for hydroxylation is 1. The van der Waals surface area contributed by atoms with E-state index in [1.807, 2.05) is 36.4 Å². The van der Waals surface area contributed by atoms with E-state index in [-0.39, 0.29) is 17.2 Å². The third-order valence-corrected chi connectivity index (χ3v) is 5.56. The molecule has 1 N–H and O–H groups in total. The lowest BCUT2D eigenvalue weighted by atomic mass is 10.1. The molecule has 0 saturated carbocycles. The maximum Gasteiger partial charge on any atom is 0.276 e. The Hall–Kier alpha value is -3.15. The van der Waals surface area contributed by atoms with Gasteiger partial charge in [0.2, 0.25) is 0 Å². The van der Waals surface area contributed by atoms with E-state index < -0.39 is 0 Å². The third kappa shape index (κ3) is 5.32. The number of rotatable bonds is 10. The summed E-state index contributed by atoms with van der Waals surface area (Å²) in [7, 11) is 0. The number of carbonyl (C=O) groups is 1. The first-order valence-corrected chi connectivity index (χ1v) is 11.2. The fourth-order valence-corrected chi connectivity index (χ4v) is 3.78. The number of carbonyl (C=O) groups excluding carboxylic acids is 1. The van der Waals surface area contributed by atoms with Gasteiger partial charge in [0.15, 0.2) is 5.69 Å². The van der Waals surface area contributed by atoms with Crippen LogP contribution in [0, 0.1) is 0 Å². The Morgan fingerprint density at radius 3 is 2.26 bits per heavy atom. The number of aromatic nitrogens is 2. The first kappa shape index (κ1) is 22.5. The second-order valence-electron chi connectivity index (χ2n) is 7.66. The summed E-state index contributed by atoms with van der Waals surface area (Å²) in [6, 6.07) is 15.0. The predicted octanol–water partition coefficient (Wildman–Crippen LogP) is 5.08. The maximum atomic E-state index is 13.1. The van der Waals surface area contributed by atoms with Crippen LogP contribution in [0.3, 0.4) is 0 Å². The number of hydrogen-bond acceptors (Lipinski definition) is 4. The van der Waals surface area contributed by atoms with Crippen LogP contribution in [-0.4, -0.2) is 28.8 Å². The van der Waals surface area contributed by atoms with Crippen LogP contribution < -0.4 is 15.8 Å². The molecule has 1 heterocycles. The van der Waals surface area contributed by atoms with Gasteiger partial charge in [-0.1, -0.05) is 44.4 Å². The van der Waals surface area contributed by atoms with Crippen molar-refractivity contribution >= 4 is 28.1 Å². The van der Waals surface area contributed by atoms with Crippen LogP contribution in [0.2, 0.25) is 0 Å². The van der Waals surface area contributed by atoms with Gasteiger partial charge in [-0.15, -0.1) is 0 Å². The lowest BCUT2D eigenvalue weighted by molar-refractivity contribution is 0.102. The molecule has 1 amide bonds. The molecule has 0 radical (unpaired) electrons. The fraction of sp³-hybridized carbons (Fsp3) is 0.400. The van der Waals surface area contributed by atoms with Crippen LogP contribution in [0.5, 0.6) is 0 Å². The SMILES string of the molecule is CCCCCCn1nc(C(=O)Nc2ccc(N(CC)CC)cc2)c2ccccc2c1=O. The van der Waals surface area contributed by atoms with E-state index in [0.717, 1.165) is 44.5 Å². The van der Waals surface area contributed by atoms with Gasteiger partial charge in [0, 0.05) is 36.4 Å². The van der Waals surface area contributed by atoms with Crippen LogP contribution in [0.15, 0.2) is 53.3 Å². The summed E-state index contributed by atoms with van der Waals surface area (Å²) in [5.41, 5.74) is 1.95. The molecule has 1 aromatic heterocycles. The lowest BCUT2D eigenvalue weighted by Crippen LogP contribution is -2.27. The molecule has 0 aliphatic carbocycles. The highest BCUT2D eigenvalue weighted by atomic mass is 16.2. The van der Waals surface area contributed by atoms with Gasteiger partial charge in [0.05, 0.1) is 5.39 Å². The van der Waals surface area contributed by atoms with Crippen molar-refractivity contribution in [1.82, 2.24) is 9.78 Å². The van der Waals surface area contributed by atoms with Crippen molar-refractivity contribution in [2.45, 2.75) is 53.0 Å². The molecule has 164 valence electrons. The molecule has 0 unspecified atom stereocenters. The number of nitrogens with zero attached hydrogens (tertiary/aromatic N) is 3. The standard InChI is InChI=1S/C25H32N4O2/c1-4-7-8-11-18-29-25(31)22-13-10-9-12-21(22)23(27-29)24(30)26-19-14-16-20(17-15-19)28(5-2)6-3/h9-10,12-17H,4-8,11,18H2,1-3H3,(H,26,30). The molecular weight excluding hydrogens is 388 g/mol. The predicted molar refractivity (Wildman–Crippen MR) is 128 cm³/mol. The zero-order chi connectivity index (χ0) is 22.2. The zero-order valence-electron chi connectivity index (χ0n) is 18.7. The van der Waals surface area contributed by atoms with Gasteiger partial charge in [-0.2, -0.15) is 5.10 Å². The number of amides is 1. The van der Waals surface area contributed by atoms with E-state index in [1.54, 1.807) is 12.1 Å². The Labute approximate surface area is 183 Å². The Balaban J connectivity index is 1.87. The van der Waals surface area contributed by atoms with Gasteiger partial charge in [-0.05, 0) is 50.6 Å². The molecule has 31 heavy (non-hydrogen) atoms. The maximum absolute atomic E-state index is 13.1. The summed E-state index contributed by atoms with van der Waals surface area (Å²) >= 11 is 0. The van der Waals surface area contributed by atoms with Crippen molar-refractivity contribution in [2.24, 2.45) is 0 Å². The lowest BCUT2D eigenvalue weighted by Gasteiger charge is -2.21. The quantitative estimate of drug-likeness (QED) is 0.465. The average Bonchev–Trinajstić information content (AvgIpc) is 2.80. The Bertz CT molecular complexity index is 1070. The first-order valence-electron chi connectivity index (χ1n) is 11.2. The molecule has 3 rings (SSSR count). The van der Waals surface area contributed by atoms with Crippen molar-refractivity contribution in [3.05, 3.63) is 64.6 Å². The molecule has 0 aliphatic heterocycles. The van der Waals surface area contributed by atoms with E-state index >= 15 is 0 Å². The average molecular weight is 421 g/mol. The molecule has 0 fully saturated rings. The van der Waals surface area contributed by atoms with Gasteiger partial charge >= 0.3 is 0 Å². The number of benzene rings is 2. The molecule has 0 bridgehead atoms. The van der Waals surface area contributed by atoms with Crippen molar-refractivity contribution in [2.75, 3.05) is 23.3 Å². The van der Waals surface area contributed by atoms with Gasteiger partial charge in [0.1, 0.15) is 0 Å². The number of nitrogens with one attached hydrogen (secondary N) is 1. The summed E-state index contributed by atoms with van der Waals surface area (Å²) in [4.78, 5) is 28.2. The van der Waals surface area contributed by atoms with Crippen LogP contribution in [0.1, 0.15) is 56.9 Å². The Morgan fingerprint density at radius 2 is 1.61 bits per heavy atom. The number of unbranched alkanes of at least 4 members (excludes halogenated alkanes) is 3. The number of fused-ring (bicyclic) bond motifs is 1. The van der Waals surface area contributed by atoms with Crippen molar-refractivity contribution in [3.8, 4) is 0 Å². The van der Waals surface area contributed by atoms with E-state index in [4.69, 9.17) is 0 Å². The molecule has 0 atom stereocenters. The molecule has 0 saturated heterocycles. The minimum absolute atomic E-state index is 0.146. The van der Waals surface area contributed by atoms with Gasteiger partial charge in [0.25, 0.3) is 11.5 Å². The molecule has 2 aromatic carbocycles. The van der Waals surface area contributed by atoms with Gasteiger partial charge < -0.3 is 10.2 Å². The Morgan fingerprint density at radius 1 is 0.935 bits per heavy atom. The second kappa shape index (κ2) is 10.8. The Kier molecular flexibility index (Phi) is 7.82. The van der Waals surface area contributed by atoms with Crippen LogP contribution in [0.4, 0.5) is 11.4 Å². The summed E-state index contributed by atoms with van der Waals surface area (Å²) in [6.45, 7) is 8.76. The van der Waals surface area contributed by atoms with Crippen LogP contribution in [-0.2, 0) is 6.54 Å². The molecule has 6 heteroatoms. The highest BCUT2D eigenvalue weighted by Crippen LogP contribution is 2.20. The zero-order valence-corrected chi connectivity index (χ0v) is 18.7. The number of hydrogen-bond donors (Lipinski definition) is 1. The van der Waals surface area contributed by atoms with Crippen molar-refractivity contribution in [1.29, 1.82) is 0 Å². The van der Waals surface area contributed by atoms with E-state index in [9.17, 15) is 9.59 Å². The molecule has 0 spiro atoms. The minimum Gasteiger partial charge on any atom is -0.372 e. The van der Waals surface area contributed by atoms with E-state index in [2.05, 4.69) is 36.1 Å². The fourth-order valence-electron chi connectivity index (χ4n) is 3.78. The smallest absolute Gasteiger partial charge is 0.276 e. The third-order valence-electron chi connectivity index (χ3n) is 5.56. The normalized spacial score (nSPS) is 10.9. The monoisotopic (exact) mass is 420 g/mol. The number of anilines is 2. The van der Waals surface area contributed by atoms with E-state index in [1.165, 1.54) is 4.68 Å². The van der Waals surface area contributed by atoms with Crippen molar-refractivity contribution in [3.63, 3.8) is 0 Å². The topological polar surface area (TPSA) is 67.2 Å². The highest BCUT2D eigenvalue weighted by Gasteiger charge is 2.17. The molecule has 6 nitrogen and oxygen atoms in total. The van der Waals surface area contributed by atoms with Crippen LogP contribution >= 0.6 is 0 Å².